The lowest BCUT2D eigenvalue weighted by Gasteiger charge is -2.41. The quantitative estimate of drug-likeness (QED) is 0.829. The lowest BCUT2D eigenvalue weighted by atomic mass is 9.90. The summed E-state index contributed by atoms with van der Waals surface area (Å²) < 4.78 is 0. The topological polar surface area (TPSA) is 43.8 Å². The highest BCUT2D eigenvalue weighted by atomic mass is 16.4. The normalized spacial score (nSPS) is 24.7. The van der Waals surface area contributed by atoms with Crippen LogP contribution in [0.1, 0.15) is 45.4 Å². The molecule has 0 spiro atoms. The van der Waals surface area contributed by atoms with E-state index in [9.17, 15) is 4.79 Å². The first-order valence-electron chi connectivity index (χ1n) is 7.87. The van der Waals surface area contributed by atoms with Crippen LogP contribution >= 0.6 is 0 Å². The summed E-state index contributed by atoms with van der Waals surface area (Å²) in [5, 5.41) is 8.73. The van der Waals surface area contributed by atoms with Crippen LogP contribution in [0.3, 0.4) is 0 Å². The molecule has 4 heteroatoms. The Labute approximate surface area is 116 Å². The molecule has 1 N–H and O–H groups in total. The molecule has 2 heterocycles. The summed E-state index contributed by atoms with van der Waals surface area (Å²) in [5.41, 5.74) is 0. The standard InChI is InChI=1S/C15H28N2O2/c1-2-16-9-7-14(8-10-16)17-11-5-13(6-12-17)3-4-15(18)19/h13-14H,2-12H2,1H3,(H,18,19). The van der Waals surface area contributed by atoms with Gasteiger partial charge in [0.1, 0.15) is 0 Å². The minimum atomic E-state index is -0.644. The third kappa shape index (κ3) is 4.46. The molecule has 0 aromatic heterocycles. The molecule has 0 bridgehead atoms. The molecule has 2 rings (SSSR count). The number of nitrogens with zero attached hydrogens (tertiary/aromatic N) is 2. The number of carboxylic acids is 1. The monoisotopic (exact) mass is 268 g/mol. The van der Waals surface area contributed by atoms with Gasteiger partial charge < -0.3 is 14.9 Å². The number of carboxylic acid groups (broad SMARTS) is 1. The van der Waals surface area contributed by atoms with Gasteiger partial charge in [0, 0.05) is 12.5 Å². The third-order valence-corrected chi connectivity index (χ3v) is 4.94. The van der Waals surface area contributed by atoms with Crippen LogP contribution in [-0.2, 0) is 4.79 Å². The molecule has 0 radical (unpaired) electrons. The van der Waals surface area contributed by atoms with Gasteiger partial charge in [0.2, 0.25) is 0 Å². The summed E-state index contributed by atoms with van der Waals surface area (Å²) in [4.78, 5) is 15.8. The Bertz CT molecular complexity index is 280. The van der Waals surface area contributed by atoms with Crippen molar-refractivity contribution in [2.45, 2.75) is 51.5 Å². The highest BCUT2D eigenvalue weighted by Gasteiger charge is 2.27. The van der Waals surface area contributed by atoms with E-state index in [4.69, 9.17) is 5.11 Å². The molecule has 0 unspecified atom stereocenters. The minimum Gasteiger partial charge on any atom is -0.481 e. The number of rotatable bonds is 5. The van der Waals surface area contributed by atoms with Crippen molar-refractivity contribution in [1.29, 1.82) is 0 Å². The van der Waals surface area contributed by atoms with Crippen LogP contribution in [0.15, 0.2) is 0 Å². The first-order chi connectivity index (χ1) is 9.19. The maximum absolute atomic E-state index is 10.6. The Morgan fingerprint density at radius 2 is 1.74 bits per heavy atom. The number of carbonyl (C=O) groups is 1. The molecule has 0 saturated carbocycles. The maximum atomic E-state index is 10.6. The van der Waals surface area contributed by atoms with Crippen LogP contribution in [0.5, 0.6) is 0 Å². The zero-order chi connectivity index (χ0) is 13.7. The zero-order valence-electron chi connectivity index (χ0n) is 12.2. The molecular formula is C15H28N2O2. The third-order valence-electron chi connectivity index (χ3n) is 4.94. The SMILES string of the molecule is CCN1CCC(N2CCC(CCC(=O)O)CC2)CC1. The molecule has 0 aromatic carbocycles. The minimum absolute atomic E-state index is 0.347. The highest BCUT2D eigenvalue weighted by molar-refractivity contribution is 5.66. The maximum Gasteiger partial charge on any atom is 0.303 e. The summed E-state index contributed by atoms with van der Waals surface area (Å²) in [6, 6.07) is 0.781. The van der Waals surface area contributed by atoms with Crippen molar-refractivity contribution in [2.75, 3.05) is 32.7 Å². The van der Waals surface area contributed by atoms with Crippen LogP contribution in [0.4, 0.5) is 0 Å². The van der Waals surface area contributed by atoms with E-state index in [0.29, 0.717) is 12.3 Å². The van der Waals surface area contributed by atoms with E-state index in [2.05, 4.69) is 16.7 Å². The van der Waals surface area contributed by atoms with Gasteiger partial charge in [0.05, 0.1) is 0 Å². The van der Waals surface area contributed by atoms with Gasteiger partial charge in [-0.3, -0.25) is 4.79 Å². The van der Waals surface area contributed by atoms with Gasteiger partial charge in [-0.25, -0.2) is 0 Å². The van der Waals surface area contributed by atoms with Gasteiger partial charge in [0.15, 0.2) is 0 Å². The molecule has 19 heavy (non-hydrogen) atoms. The van der Waals surface area contributed by atoms with E-state index in [-0.39, 0.29) is 0 Å². The molecule has 2 saturated heterocycles. The number of piperidine rings is 2. The summed E-state index contributed by atoms with van der Waals surface area (Å²) in [7, 11) is 0. The first-order valence-corrected chi connectivity index (χ1v) is 7.87. The zero-order valence-corrected chi connectivity index (χ0v) is 12.2. The number of likely N-dealkylation sites (tertiary alicyclic amines) is 2. The van der Waals surface area contributed by atoms with Gasteiger partial charge in [-0.1, -0.05) is 6.92 Å². The van der Waals surface area contributed by atoms with E-state index >= 15 is 0 Å². The Morgan fingerprint density at radius 1 is 1.11 bits per heavy atom. The molecule has 0 aromatic rings. The fourth-order valence-electron chi connectivity index (χ4n) is 3.54. The summed E-state index contributed by atoms with van der Waals surface area (Å²) >= 11 is 0. The molecular weight excluding hydrogens is 240 g/mol. The second kappa shape index (κ2) is 7.25. The summed E-state index contributed by atoms with van der Waals surface area (Å²) in [6.45, 7) is 8.29. The van der Waals surface area contributed by atoms with Gasteiger partial charge in [-0.2, -0.15) is 0 Å². The lowest BCUT2D eigenvalue weighted by Crippen LogP contribution is -2.47. The van der Waals surface area contributed by atoms with E-state index in [1.54, 1.807) is 0 Å². The van der Waals surface area contributed by atoms with Crippen LogP contribution in [0.2, 0.25) is 0 Å². The first kappa shape index (κ1) is 14.8. The fraction of sp³-hybridized carbons (Fsp3) is 0.933. The van der Waals surface area contributed by atoms with Crippen molar-refractivity contribution >= 4 is 5.97 Å². The van der Waals surface area contributed by atoms with Crippen LogP contribution in [0, 0.1) is 5.92 Å². The van der Waals surface area contributed by atoms with Gasteiger partial charge in [0.25, 0.3) is 0 Å². The van der Waals surface area contributed by atoms with Crippen molar-refractivity contribution in [2.24, 2.45) is 5.92 Å². The van der Waals surface area contributed by atoms with Crippen molar-refractivity contribution in [3.8, 4) is 0 Å². The Morgan fingerprint density at radius 3 is 2.26 bits per heavy atom. The number of hydrogen-bond acceptors (Lipinski definition) is 3. The van der Waals surface area contributed by atoms with Gasteiger partial charge in [-0.05, 0) is 70.7 Å². The second-order valence-corrected chi connectivity index (χ2v) is 6.08. The summed E-state index contributed by atoms with van der Waals surface area (Å²) in [5.74, 6) is -0.00236. The van der Waals surface area contributed by atoms with Crippen molar-refractivity contribution in [3.05, 3.63) is 0 Å². The Kier molecular flexibility index (Phi) is 5.64. The van der Waals surface area contributed by atoms with Crippen molar-refractivity contribution in [3.63, 3.8) is 0 Å². The number of hydrogen-bond donors (Lipinski definition) is 1. The predicted molar refractivity (Wildman–Crippen MR) is 76.3 cm³/mol. The highest BCUT2D eigenvalue weighted by Crippen LogP contribution is 2.26. The van der Waals surface area contributed by atoms with Gasteiger partial charge >= 0.3 is 5.97 Å². The van der Waals surface area contributed by atoms with E-state index in [0.717, 1.165) is 12.5 Å². The molecule has 0 aliphatic carbocycles. The molecule has 0 amide bonds. The van der Waals surface area contributed by atoms with Crippen LogP contribution < -0.4 is 0 Å². The molecule has 4 nitrogen and oxygen atoms in total. The Balaban J connectivity index is 1.67. The van der Waals surface area contributed by atoms with Gasteiger partial charge in [-0.15, -0.1) is 0 Å². The number of aliphatic carboxylic acids is 1. The fourth-order valence-corrected chi connectivity index (χ4v) is 3.54. The van der Waals surface area contributed by atoms with E-state index in [1.165, 1.54) is 58.4 Å². The predicted octanol–water partition coefficient (Wildman–Crippen LogP) is 2.05. The molecule has 2 aliphatic rings. The lowest BCUT2D eigenvalue weighted by molar-refractivity contribution is -0.137. The van der Waals surface area contributed by atoms with Crippen LogP contribution in [-0.4, -0.2) is 59.6 Å². The van der Waals surface area contributed by atoms with Crippen molar-refractivity contribution in [1.82, 2.24) is 9.80 Å². The van der Waals surface area contributed by atoms with E-state index < -0.39 is 5.97 Å². The largest absolute Gasteiger partial charge is 0.481 e. The molecule has 0 atom stereocenters. The smallest absolute Gasteiger partial charge is 0.303 e. The molecule has 2 aliphatic heterocycles. The molecule has 2 fully saturated rings. The molecule has 110 valence electrons. The second-order valence-electron chi connectivity index (χ2n) is 6.08. The average Bonchev–Trinajstić information content (AvgIpc) is 2.46. The Hall–Kier alpha value is -0.610. The van der Waals surface area contributed by atoms with Crippen LogP contribution in [0.25, 0.3) is 0 Å². The van der Waals surface area contributed by atoms with Crippen molar-refractivity contribution < 1.29 is 9.90 Å². The average molecular weight is 268 g/mol. The summed E-state index contributed by atoms with van der Waals surface area (Å²) in [6.07, 6.45) is 6.24. The van der Waals surface area contributed by atoms with E-state index in [1.807, 2.05) is 0 Å².